The second-order valence-electron chi connectivity index (χ2n) is 4.54. The molecule has 5 unspecified atom stereocenters. The molecule has 0 aromatic heterocycles. The van der Waals surface area contributed by atoms with Crippen LogP contribution >= 0.6 is 15.9 Å². The highest BCUT2D eigenvalue weighted by Gasteiger charge is 2.63. The van der Waals surface area contributed by atoms with Crippen LogP contribution in [0.3, 0.4) is 0 Å². The van der Waals surface area contributed by atoms with Crippen molar-refractivity contribution in [1.82, 2.24) is 0 Å². The molecular formula is C9H11BrF2O. The molecule has 0 aromatic carbocycles. The monoisotopic (exact) mass is 252 g/mol. The molecule has 2 saturated carbocycles. The molecule has 0 radical (unpaired) electrons. The van der Waals surface area contributed by atoms with E-state index >= 15 is 0 Å². The highest BCUT2D eigenvalue weighted by atomic mass is 79.9. The van der Waals surface area contributed by atoms with Gasteiger partial charge in [0.05, 0.1) is 12.2 Å². The highest BCUT2D eigenvalue weighted by molar-refractivity contribution is 9.09. The van der Waals surface area contributed by atoms with Gasteiger partial charge in [-0.2, -0.15) is 8.78 Å². The van der Waals surface area contributed by atoms with Gasteiger partial charge >= 0.3 is 4.83 Å². The summed E-state index contributed by atoms with van der Waals surface area (Å²) in [5, 5.41) is 0. The van der Waals surface area contributed by atoms with E-state index in [2.05, 4.69) is 15.9 Å². The Kier molecular flexibility index (Phi) is 1.62. The predicted octanol–water partition coefficient (Wildman–Crippen LogP) is 2.79. The molecule has 13 heavy (non-hydrogen) atoms. The van der Waals surface area contributed by atoms with Crippen molar-refractivity contribution in [3.8, 4) is 0 Å². The second-order valence-corrected chi connectivity index (χ2v) is 5.70. The van der Waals surface area contributed by atoms with Gasteiger partial charge in [-0.25, -0.2) is 0 Å². The summed E-state index contributed by atoms with van der Waals surface area (Å²) in [6.45, 7) is 0. The van der Waals surface area contributed by atoms with Crippen LogP contribution in [-0.4, -0.2) is 17.0 Å². The molecule has 3 aliphatic rings. The van der Waals surface area contributed by atoms with Gasteiger partial charge in [0.1, 0.15) is 0 Å². The second kappa shape index (κ2) is 2.45. The highest BCUT2D eigenvalue weighted by Crippen LogP contribution is 2.60. The Bertz CT molecular complexity index is 240. The minimum Gasteiger partial charge on any atom is -0.369 e. The van der Waals surface area contributed by atoms with Crippen LogP contribution in [0.15, 0.2) is 0 Å². The van der Waals surface area contributed by atoms with E-state index in [9.17, 15) is 8.78 Å². The summed E-state index contributed by atoms with van der Waals surface area (Å²) >= 11 is 2.42. The van der Waals surface area contributed by atoms with Gasteiger partial charge in [-0.1, -0.05) is 0 Å². The van der Waals surface area contributed by atoms with Crippen LogP contribution in [0.25, 0.3) is 0 Å². The van der Waals surface area contributed by atoms with Crippen molar-refractivity contribution in [1.29, 1.82) is 0 Å². The Morgan fingerprint density at radius 2 is 2.08 bits per heavy atom. The molecule has 5 atom stereocenters. The number of fused-ring (bicyclic) bond motifs is 5. The standard InChI is InChI=1S/C9H11BrF2O/c10-9(11,12)3-5-1-4-2-6(5)8-7(4)13-8/h4-8H,1-3H2. The van der Waals surface area contributed by atoms with Crippen LogP contribution in [0.5, 0.6) is 0 Å². The zero-order chi connectivity index (χ0) is 9.22. The first-order valence-electron chi connectivity index (χ1n) is 4.77. The Labute approximate surface area is 84.0 Å². The van der Waals surface area contributed by atoms with E-state index in [0.29, 0.717) is 24.0 Å². The van der Waals surface area contributed by atoms with Crippen molar-refractivity contribution < 1.29 is 13.5 Å². The Morgan fingerprint density at radius 1 is 1.31 bits per heavy atom. The SMILES string of the molecule is FC(F)(Br)CC1CC2CC1C1OC21. The molecule has 4 heteroatoms. The summed E-state index contributed by atoms with van der Waals surface area (Å²) in [6, 6.07) is 0. The Hall–Kier alpha value is 0.300. The minimum absolute atomic E-state index is 0.0131. The molecular weight excluding hydrogens is 242 g/mol. The van der Waals surface area contributed by atoms with Crippen molar-refractivity contribution in [3.05, 3.63) is 0 Å². The fraction of sp³-hybridized carbons (Fsp3) is 1.00. The van der Waals surface area contributed by atoms with Crippen LogP contribution in [0.1, 0.15) is 19.3 Å². The molecule has 0 spiro atoms. The maximum absolute atomic E-state index is 12.7. The van der Waals surface area contributed by atoms with Gasteiger partial charge < -0.3 is 4.74 Å². The maximum Gasteiger partial charge on any atom is 0.301 e. The lowest BCUT2D eigenvalue weighted by molar-refractivity contribution is 0.0704. The van der Waals surface area contributed by atoms with E-state index in [4.69, 9.17) is 4.74 Å². The van der Waals surface area contributed by atoms with Gasteiger partial charge in [0.15, 0.2) is 0 Å². The lowest BCUT2D eigenvalue weighted by Crippen LogP contribution is -2.23. The van der Waals surface area contributed by atoms with Gasteiger partial charge in [-0.05, 0) is 46.5 Å². The predicted molar refractivity (Wildman–Crippen MR) is 46.9 cm³/mol. The smallest absolute Gasteiger partial charge is 0.301 e. The third-order valence-corrected chi connectivity index (χ3v) is 4.05. The topological polar surface area (TPSA) is 12.5 Å². The van der Waals surface area contributed by atoms with E-state index < -0.39 is 4.83 Å². The third-order valence-electron chi connectivity index (χ3n) is 3.73. The first-order chi connectivity index (χ1) is 6.04. The summed E-state index contributed by atoms with van der Waals surface area (Å²) < 4.78 is 30.9. The minimum atomic E-state index is -2.67. The van der Waals surface area contributed by atoms with Gasteiger partial charge in [-0.3, -0.25) is 0 Å². The van der Waals surface area contributed by atoms with E-state index in [1.54, 1.807) is 0 Å². The van der Waals surface area contributed by atoms with Crippen molar-refractivity contribution in [2.24, 2.45) is 17.8 Å². The number of ether oxygens (including phenoxy) is 1. The van der Waals surface area contributed by atoms with Crippen LogP contribution in [0, 0.1) is 17.8 Å². The summed E-state index contributed by atoms with van der Waals surface area (Å²) in [4.78, 5) is -2.67. The summed E-state index contributed by atoms with van der Waals surface area (Å²) in [5.41, 5.74) is 0. The molecule has 2 bridgehead atoms. The molecule has 3 fully saturated rings. The number of rotatable bonds is 2. The molecule has 1 aliphatic heterocycles. The molecule has 74 valence electrons. The fourth-order valence-electron chi connectivity index (χ4n) is 3.26. The van der Waals surface area contributed by atoms with E-state index in [1.165, 1.54) is 0 Å². The molecule has 3 rings (SSSR count). The summed E-state index contributed by atoms with van der Waals surface area (Å²) in [7, 11) is 0. The van der Waals surface area contributed by atoms with E-state index in [0.717, 1.165) is 12.8 Å². The lowest BCUT2D eigenvalue weighted by atomic mass is 9.86. The van der Waals surface area contributed by atoms with Crippen LogP contribution in [-0.2, 0) is 4.74 Å². The third kappa shape index (κ3) is 1.33. The zero-order valence-electron chi connectivity index (χ0n) is 7.05. The average molecular weight is 253 g/mol. The number of epoxide rings is 1. The molecule has 0 amide bonds. The Balaban J connectivity index is 1.68. The van der Waals surface area contributed by atoms with Crippen molar-refractivity contribution in [3.63, 3.8) is 0 Å². The average Bonchev–Trinajstić information content (AvgIpc) is 2.59. The molecule has 0 N–H and O–H groups in total. The first kappa shape index (κ1) is 8.60. The lowest BCUT2D eigenvalue weighted by Gasteiger charge is -2.21. The van der Waals surface area contributed by atoms with Gasteiger partial charge in [0.2, 0.25) is 0 Å². The normalized spacial score (nSPS) is 52.4. The molecule has 1 nitrogen and oxygen atoms in total. The number of hydrogen-bond acceptors (Lipinski definition) is 1. The maximum atomic E-state index is 12.7. The number of halogens is 3. The van der Waals surface area contributed by atoms with Crippen LogP contribution in [0.2, 0.25) is 0 Å². The quantitative estimate of drug-likeness (QED) is 0.544. The fourth-order valence-corrected chi connectivity index (χ4v) is 3.68. The molecule has 1 saturated heterocycles. The van der Waals surface area contributed by atoms with Crippen molar-refractivity contribution in [2.75, 3.05) is 0 Å². The zero-order valence-corrected chi connectivity index (χ0v) is 8.64. The first-order valence-corrected chi connectivity index (χ1v) is 5.56. The Morgan fingerprint density at radius 3 is 2.62 bits per heavy atom. The van der Waals surface area contributed by atoms with E-state index in [1.807, 2.05) is 0 Å². The van der Waals surface area contributed by atoms with Gasteiger partial charge in [-0.15, -0.1) is 0 Å². The van der Waals surface area contributed by atoms with Crippen LogP contribution < -0.4 is 0 Å². The van der Waals surface area contributed by atoms with Gasteiger partial charge in [0, 0.05) is 6.42 Å². The van der Waals surface area contributed by atoms with E-state index in [-0.39, 0.29) is 12.3 Å². The van der Waals surface area contributed by atoms with Crippen LogP contribution in [0.4, 0.5) is 8.78 Å². The number of hydrogen-bond donors (Lipinski definition) is 0. The summed E-state index contributed by atoms with van der Waals surface area (Å²) in [5.74, 6) is 1.20. The largest absolute Gasteiger partial charge is 0.369 e. The molecule has 2 aliphatic carbocycles. The number of alkyl halides is 3. The molecule has 1 heterocycles. The summed E-state index contributed by atoms with van der Waals surface area (Å²) in [6.07, 6.45) is 2.86. The van der Waals surface area contributed by atoms with Crippen molar-refractivity contribution in [2.45, 2.75) is 36.3 Å². The van der Waals surface area contributed by atoms with Crippen molar-refractivity contribution >= 4 is 15.9 Å². The molecule has 0 aromatic rings. The van der Waals surface area contributed by atoms with Gasteiger partial charge in [0.25, 0.3) is 0 Å².